The molecule has 164 valence electrons. The van der Waals surface area contributed by atoms with E-state index in [1.807, 2.05) is 20.8 Å². The highest BCUT2D eigenvalue weighted by Gasteiger charge is 2.39. The van der Waals surface area contributed by atoms with Crippen LogP contribution in [0.5, 0.6) is 0 Å². The SMILES string of the molecule is CC(C)CCCCCCCCCOC(=O)C1CCCCC1C(=O)OC(C)(C)C. The summed E-state index contributed by atoms with van der Waals surface area (Å²) >= 11 is 0. The van der Waals surface area contributed by atoms with Crippen LogP contribution < -0.4 is 0 Å². The van der Waals surface area contributed by atoms with E-state index >= 15 is 0 Å². The number of carbonyl (C=O) groups is 2. The van der Waals surface area contributed by atoms with Crippen molar-refractivity contribution in [2.45, 2.75) is 117 Å². The molecule has 0 radical (unpaired) electrons. The van der Waals surface area contributed by atoms with Crippen LogP contribution in [-0.2, 0) is 19.1 Å². The molecular formula is C24H44O4. The highest BCUT2D eigenvalue weighted by atomic mass is 16.6. The summed E-state index contributed by atoms with van der Waals surface area (Å²) in [4.78, 5) is 25.0. The van der Waals surface area contributed by atoms with Crippen LogP contribution in [0, 0.1) is 17.8 Å². The van der Waals surface area contributed by atoms with Crippen molar-refractivity contribution in [2.24, 2.45) is 17.8 Å². The molecule has 0 N–H and O–H groups in total. The number of unbranched alkanes of at least 4 members (excludes halogenated alkanes) is 6. The van der Waals surface area contributed by atoms with Gasteiger partial charge < -0.3 is 9.47 Å². The molecule has 2 unspecified atom stereocenters. The Balaban J connectivity index is 2.20. The molecule has 0 aromatic heterocycles. The Morgan fingerprint density at radius 1 is 0.821 bits per heavy atom. The molecule has 0 amide bonds. The maximum absolute atomic E-state index is 12.5. The van der Waals surface area contributed by atoms with Crippen molar-refractivity contribution in [3.05, 3.63) is 0 Å². The Hall–Kier alpha value is -1.06. The molecule has 0 saturated heterocycles. The van der Waals surface area contributed by atoms with Crippen LogP contribution in [0.3, 0.4) is 0 Å². The van der Waals surface area contributed by atoms with Gasteiger partial charge in [-0.1, -0.05) is 71.6 Å². The zero-order valence-electron chi connectivity index (χ0n) is 19.1. The fourth-order valence-electron chi connectivity index (χ4n) is 3.89. The van der Waals surface area contributed by atoms with E-state index < -0.39 is 5.60 Å². The minimum Gasteiger partial charge on any atom is -0.465 e. The third kappa shape index (κ3) is 11.1. The van der Waals surface area contributed by atoms with E-state index in [9.17, 15) is 9.59 Å². The number of rotatable bonds is 12. The lowest BCUT2D eigenvalue weighted by atomic mass is 9.79. The zero-order chi connectivity index (χ0) is 21.0. The summed E-state index contributed by atoms with van der Waals surface area (Å²) in [7, 11) is 0. The molecule has 1 aliphatic rings. The predicted octanol–water partition coefficient (Wildman–Crippen LogP) is 6.45. The van der Waals surface area contributed by atoms with Gasteiger partial charge in [-0.15, -0.1) is 0 Å². The van der Waals surface area contributed by atoms with E-state index in [4.69, 9.17) is 9.47 Å². The van der Waals surface area contributed by atoms with Crippen LogP contribution in [0.15, 0.2) is 0 Å². The average molecular weight is 397 g/mol. The van der Waals surface area contributed by atoms with Crippen molar-refractivity contribution in [1.82, 2.24) is 0 Å². The molecule has 1 fully saturated rings. The summed E-state index contributed by atoms with van der Waals surface area (Å²) in [6.07, 6.45) is 13.3. The lowest BCUT2D eigenvalue weighted by Gasteiger charge is -2.31. The standard InChI is InChI=1S/C24H44O4/c1-19(2)15-11-9-7-6-8-10-14-18-27-22(25)20-16-12-13-17-21(20)23(26)28-24(3,4)5/h19-21H,6-18H2,1-5H3. The number of ether oxygens (including phenoxy) is 2. The van der Waals surface area contributed by atoms with E-state index in [2.05, 4.69) is 13.8 Å². The molecule has 0 aromatic carbocycles. The van der Waals surface area contributed by atoms with Gasteiger partial charge in [-0.3, -0.25) is 9.59 Å². The van der Waals surface area contributed by atoms with E-state index in [1.54, 1.807) is 0 Å². The molecule has 28 heavy (non-hydrogen) atoms. The lowest BCUT2D eigenvalue weighted by molar-refractivity contribution is -0.170. The second-order valence-corrected chi connectivity index (χ2v) is 9.86. The van der Waals surface area contributed by atoms with Gasteiger partial charge in [0.25, 0.3) is 0 Å². The maximum Gasteiger partial charge on any atom is 0.310 e. The average Bonchev–Trinajstić information content (AvgIpc) is 2.61. The molecule has 4 nitrogen and oxygen atoms in total. The molecule has 0 heterocycles. The summed E-state index contributed by atoms with van der Waals surface area (Å²) < 4.78 is 11.0. The second-order valence-electron chi connectivity index (χ2n) is 9.86. The summed E-state index contributed by atoms with van der Waals surface area (Å²) in [6.45, 7) is 10.6. The molecule has 4 heteroatoms. The highest BCUT2D eigenvalue weighted by Crippen LogP contribution is 2.33. The minimum atomic E-state index is -0.516. The van der Waals surface area contributed by atoms with Crippen molar-refractivity contribution in [1.29, 1.82) is 0 Å². The first-order chi connectivity index (χ1) is 13.2. The van der Waals surface area contributed by atoms with Crippen molar-refractivity contribution >= 4 is 11.9 Å². The van der Waals surface area contributed by atoms with Gasteiger partial charge in [-0.25, -0.2) is 0 Å². The summed E-state index contributed by atoms with van der Waals surface area (Å²) in [6, 6.07) is 0. The third-order valence-corrected chi connectivity index (χ3v) is 5.45. The number of hydrogen-bond acceptors (Lipinski definition) is 4. The molecule has 0 spiro atoms. The molecule has 2 atom stereocenters. The van der Waals surface area contributed by atoms with E-state index in [1.165, 1.54) is 38.5 Å². The largest absolute Gasteiger partial charge is 0.465 e. The Morgan fingerprint density at radius 3 is 1.86 bits per heavy atom. The van der Waals surface area contributed by atoms with Crippen LogP contribution in [0.2, 0.25) is 0 Å². The van der Waals surface area contributed by atoms with E-state index in [-0.39, 0.29) is 23.8 Å². The molecule has 1 saturated carbocycles. The molecular weight excluding hydrogens is 352 g/mol. The number of carbonyl (C=O) groups excluding carboxylic acids is 2. The van der Waals surface area contributed by atoms with Gasteiger partial charge in [0, 0.05) is 0 Å². The fourth-order valence-corrected chi connectivity index (χ4v) is 3.89. The second kappa shape index (κ2) is 13.2. The Kier molecular flexibility index (Phi) is 11.8. The topological polar surface area (TPSA) is 52.6 Å². The maximum atomic E-state index is 12.5. The first kappa shape index (κ1) is 25.0. The number of hydrogen-bond donors (Lipinski definition) is 0. The van der Waals surface area contributed by atoms with Gasteiger partial charge in [0.2, 0.25) is 0 Å². The normalized spacial score (nSPS) is 20.2. The van der Waals surface area contributed by atoms with Crippen LogP contribution in [0.1, 0.15) is 112 Å². The minimum absolute atomic E-state index is 0.204. The van der Waals surface area contributed by atoms with Gasteiger partial charge >= 0.3 is 11.9 Å². The third-order valence-electron chi connectivity index (χ3n) is 5.45. The quantitative estimate of drug-likeness (QED) is 0.281. The predicted molar refractivity (Wildman–Crippen MR) is 114 cm³/mol. The van der Waals surface area contributed by atoms with E-state index in [0.29, 0.717) is 6.61 Å². The van der Waals surface area contributed by atoms with Crippen molar-refractivity contribution < 1.29 is 19.1 Å². The van der Waals surface area contributed by atoms with Gasteiger partial charge in [0.1, 0.15) is 5.60 Å². The molecule has 0 bridgehead atoms. The number of esters is 2. The smallest absolute Gasteiger partial charge is 0.310 e. The monoisotopic (exact) mass is 396 g/mol. The van der Waals surface area contributed by atoms with Crippen LogP contribution in [0.25, 0.3) is 0 Å². The highest BCUT2D eigenvalue weighted by molar-refractivity contribution is 5.82. The molecule has 0 aromatic rings. The first-order valence-corrected chi connectivity index (χ1v) is 11.6. The van der Waals surface area contributed by atoms with Gasteiger partial charge in [-0.2, -0.15) is 0 Å². The van der Waals surface area contributed by atoms with Gasteiger partial charge in [-0.05, 0) is 46.0 Å². The zero-order valence-corrected chi connectivity index (χ0v) is 19.1. The molecule has 1 rings (SSSR count). The Morgan fingerprint density at radius 2 is 1.32 bits per heavy atom. The van der Waals surface area contributed by atoms with Crippen LogP contribution in [0.4, 0.5) is 0 Å². The first-order valence-electron chi connectivity index (χ1n) is 11.6. The summed E-state index contributed by atoms with van der Waals surface area (Å²) in [5.41, 5.74) is -0.516. The fraction of sp³-hybridized carbons (Fsp3) is 0.917. The van der Waals surface area contributed by atoms with Gasteiger partial charge in [0.15, 0.2) is 0 Å². The summed E-state index contributed by atoms with van der Waals surface area (Å²) in [5.74, 6) is -0.305. The Labute approximate surface area is 173 Å². The molecule has 0 aliphatic heterocycles. The molecule has 1 aliphatic carbocycles. The van der Waals surface area contributed by atoms with Crippen molar-refractivity contribution in [3.63, 3.8) is 0 Å². The van der Waals surface area contributed by atoms with Gasteiger partial charge in [0.05, 0.1) is 18.4 Å². The van der Waals surface area contributed by atoms with Crippen molar-refractivity contribution in [3.8, 4) is 0 Å². The Bertz CT molecular complexity index is 450. The lowest BCUT2D eigenvalue weighted by Crippen LogP contribution is -2.38. The van der Waals surface area contributed by atoms with Crippen LogP contribution >= 0.6 is 0 Å². The summed E-state index contributed by atoms with van der Waals surface area (Å²) in [5, 5.41) is 0. The van der Waals surface area contributed by atoms with Crippen molar-refractivity contribution in [2.75, 3.05) is 6.61 Å². The van der Waals surface area contributed by atoms with E-state index in [0.717, 1.165) is 44.4 Å². The van der Waals surface area contributed by atoms with Crippen LogP contribution in [-0.4, -0.2) is 24.1 Å².